The molecule has 3 rings (SSSR count). The number of likely N-dealkylation sites (tertiary alicyclic amines) is 2. The van der Waals surface area contributed by atoms with Crippen molar-refractivity contribution in [2.24, 2.45) is 5.73 Å². The lowest BCUT2D eigenvalue weighted by molar-refractivity contribution is -0.131. The Morgan fingerprint density at radius 3 is 2.15 bits per heavy atom. The summed E-state index contributed by atoms with van der Waals surface area (Å²) in [6, 6.07) is 5.70. The van der Waals surface area contributed by atoms with Crippen molar-refractivity contribution in [2.75, 3.05) is 19.6 Å². The summed E-state index contributed by atoms with van der Waals surface area (Å²) < 4.78 is 11.0. The summed E-state index contributed by atoms with van der Waals surface area (Å²) >= 11 is 0. The number of carboxylic acid groups (broad SMARTS) is 1. The van der Waals surface area contributed by atoms with E-state index in [0.717, 1.165) is 20.3 Å². The maximum absolute atomic E-state index is 13.9. The van der Waals surface area contributed by atoms with Gasteiger partial charge in [0.25, 0.3) is 0 Å². The summed E-state index contributed by atoms with van der Waals surface area (Å²) in [7, 11) is 0. The van der Waals surface area contributed by atoms with Crippen molar-refractivity contribution < 1.29 is 48.5 Å². The number of nitrogens with two attached hydrogens (primary N) is 1. The number of carbonyl (C=O) groups excluding carboxylic acids is 5. The molecule has 1 aromatic rings. The van der Waals surface area contributed by atoms with Crippen molar-refractivity contribution >= 4 is 35.9 Å². The van der Waals surface area contributed by atoms with Gasteiger partial charge in [-0.3, -0.25) is 19.3 Å². The van der Waals surface area contributed by atoms with Crippen LogP contribution >= 0.6 is 0 Å². The van der Waals surface area contributed by atoms with Gasteiger partial charge in [-0.25, -0.2) is 19.3 Å². The molecule has 0 aliphatic carbocycles. The maximum atomic E-state index is 13.9. The third-order valence-electron chi connectivity index (χ3n) is 7.97. The minimum Gasteiger partial charge on any atom is -0.465 e. The Bertz CT molecular complexity index is 1340. The molecule has 266 valence electrons. The fourth-order valence-electron chi connectivity index (χ4n) is 5.89. The first-order valence-corrected chi connectivity index (χ1v) is 16.1. The highest BCUT2D eigenvalue weighted by molar-refractivity contribution is 5.94. The quantitative estimate of drug-likeness (QED) is 0.283. The number of imide groups is 1. The van der Waals surface area contributed by atoms with Gasteiger partial charge in [0.1, 0.15) is 17.3 Å². The zero-order valence-electron chi connectivity index (χ0n) is 28.5. The van der Waals surface area contributed by atoms with E-state index in [4.69, 9.17) is 15.2 Å². The van der Waals surface area contributed by atoms with Crippen LogP contribution in [0.25, 0.3) is 0 Å². The molecule has 2 aliphatic rings. The summed E-state index contributed by atoms with van der Waals surface area (Å²) in [5, 5.41) is 23.1. The summed E-state index contributed by atoms with van der Waals surface area (Å²) in [5.74, 6) is -1.92. The van der Waals surface area contributed by atoms with Gasteiger partial charge in [0.2, 0.25) is 11.8 Å². The summed E-state index contributed by atoms with van der Waals surface area (Å²) in [6.07, 6.45) is -4.16. The lowest BCUT2D eigenvalue weighted by Crippen LogP contribution is -2.50. The van der Waals surface area contributed by atoms with Crippen LogP contribution in [0.4, 0.5) is 14.4 Å². The lowest BCUT2D eigenvalue weighted by atomic mass is 9.99. The Morgan fingerprint density at radius 2 is 1.58 bits per heavy atom. The van der Waals surface area contributed by atoms with Crippen LogP contribution in [-0.2, 0) is 30.3 Å². The first-order chi connectivity index (χ1) is 22.3. The Morgan fingerprint density at radius 1 is 0.958 bits per heavy atom. The number of nitrogens with one attached hydrogen (secondary N) is 1. The van der Waals surface area contributed by atoms with Crippen LogP contribution in [-0.4, -0.2) is 122 Å². The monoisotopic (exact) mass is 675 g/mol. The average Bonchev–Trinajstić information content (AvgIpc) is 3.59. The molecule has 0 saturated carbocycles. The van der Waals surface area contributed by atoms with Crippen molar-refractivity contribution in [3.63, 3.8) is 0 Å². The van der Waals surface area contributed by atoms with Gasteiger partial charge in [-0.2, -0.15) is 0 Å². The minimum absolute atomic E-state index is 0.0907. The maximum Gasteiger partial charge on any atom is 0.417 e. The number of rotatable bonds is 10. The van der Waals surface area contributed by atoms with Gasteiger partial charge >= 0.3 is 18.3 Å². The second kappa shape index (κ2) is 15.8. The Labute approximate surface area is 280 Å². The molecule has 5 atom stereocenters. The SMILES string of the molecule is CC(C)(C)OC(=O)N1C[C@@H](N(C(=O)CN)C(=O)OC(C)(C)C)C[C@@H]1C(=O)C[C@@H]1C[C@@H](NC(=O)[C@H](O)CCc2ccccc2)CN1C(=O)O. The van der Waals surface area contributed by atoms with Crippen LogP contribution in [0.3, 0.4) is 0 Å². The van der Waals surface area contributed by atoms with E-state index < -0.39 is 83.9 Å². The van der Waals surface area contributed by atoms with Crippen molar-refractivity contribution in [3.05, 3.63) is 35.9 Å². The standard InChI is InChI=1S/C33H49N5O10/c1-32(2,3)47-30(45)37-19-23(38(27(41)17-34)31(46)48-33(4,5)6)15-24(37)26(40)16-22-14-21(18-36(22)29(43)44)35-28(42)25(39)13-12-20-10-8-7-9-11-20/h7-11,21-25,39H,12-19,34H2,1-6H3,(H,35,42)(H,43,44)/t21-,22+,23+,24-,25-/m1/s1. The van der Waals surface area contributed by atoms with Crippen LogP contribution < -0.4 is 11.1 Å². The van der Waals surface area contributed by atoms with Gasteiger partial charge in [0.05, 0.1) is 18.6 Å². The van der Waals surface area contributed by atoms with E-state index in [1.54, 1.807) is 41.5 Å². The number of aryl methyl sites for hydroxylation is 1. The molecule has 5 amide bonds. The first kappa shape index (κ1) is 38.2. The van der Waals surface area contributed by atoms with Crippen LogP contribution in [0.2, 0.25) is 0 Å². The second-order valence-corrected chi connectivity index (χ2v) is 14.2. The Kier molecular flexibility index (Phi) is 12.6. The number of hydrogen-bond donors (Lipinski definition) is 4. The lowest BCUT2D eigenvalue weighted by Gasteiger charge is -2.30. The number of benzene rings is 1. The molecule has 0 spiro atoms. The van der Waals surface area contributed by atoms with Crippen molar-refractivity contribution in [1.29, 1.82) is 0 Å². The number of hydrogen-bond acceptors (Lipinski definition) is 10. The van der Waals surface area contributed by atoms with Crippen LogP contribution in [0.15, 0.2) is 30.3 Å². The number of nitrogens with zero attached hydrogens (tertiary/aromatic N) is 3. The molecule has 0 unspecified atom stereocenters. The fourth-order valence-corrected chi connectivity index (χ4v) is 5.89. The highest BCUT2D eigenvalue weighted by Crippen LogP contribution is 2.30. The molecule has 2 heterocycles. The van der Waals surface area contributed by atoms with E-state index in [-0.39, 0.29) is 38.8 Å². The molecule has 2 fully saturated rings. The molecule has 5 N–H and O–H groups in total. The number of ether oxygens (including phenoxy) is 2. The predicted octanol–water partition coefficient (Wildman–Crippen LogP) is 2.28. The Hall–Kier alpha value is -4.24. The molecule has 15 heteroatoms. The number of carbonyl (C=O) groups is 6. The highest BCUT2D eigenvalue weighted by atomic mass is 16.6. The number of ketones is 1. The van der Waals surface area contributed by atoms with Gasteiger partial charge in [0, 0.05) is 31.6 Å². The molecule has 0 bridgehead atoms. The van der Waals surface area contributed by atoms with Gasteiger partial charge in [-0.05, 0) is 72.8 Å². The van der Waals surface area contributed by atoms with Crippen LogP contribution in [0.1, 0.15) is 72.8 Å². The average molecular weight is 676 g/mol. The van der Waals surface area contributed by atoms with Crippen molar-refractivity contribution in [3.8, 4) is 0 Å². The van der Waals surface area contributed by atoms with Gasteiger partial charge in [-0.1, -0.05) is 30.3 Å². The first-order valence-electron chi connectivity index (χ1n) is 16.1. The smallest absolute Gasteiger partial charge is 0.417 e. The molecular weight excluding hydrogens is 626 g/mol. The largest absolute Gasteiger partial charge is 0.465 e. The normalized spacial score (nSPS) is 21.8. The van der Waals surface area contributed by atoms with Crippen molar-refractivity contribution in [2.45, 2.75) is 115 Å². The van der Waals surface area contributed by atoms with E-state index in [0.29, 0.717) is 6.42 Å². The third kappa shape index (κ3) is 10.6. The fraction of sp³-hybridized carbons (Fsp3) is 0.636. The second-order valence-electron chi connectivity index (χ2n) is 14.2. The van der Waals surface area contributed by atoms with E-state index in [1.807, 2.05) is 30.3 Å². The molecule has 1 aromatic carbocycles. The minimum atomic E-state index is -1.31. The third-order valence-corrected chi connectivity index (χ3v) is 7.97. The van der Waals surface area contributed by atoms with Crippen molar-refractivity contribution in [1.82, 2.24) is 20.0 Å². The highest BCUT2D eigenvalue weighted by Gasteiger charge is 2.48. The molecule has 48 heavy (non-hydrogen) atoms. The number of Topliss-reactive ketones (excluding diaryl/α,β-unsaturated/α-hetero) is 1. The van der Waals surface area contributed by atoms with E-state index >= 15 is 0 Å². The zero-order valence-corrected chi connectivity index (χ0v) is 28.5. The predicted molar refractivity (Wildman–Crippen MR) is 173 cm³/mol. The van der Waals surface area contributed by atoms with Gasteiger partial charge in [0.15, 0.2) is 5.78 Å². The van der Waals surface area contributed by atoms with E-state index in [2.05, 4.69) is 5.32 Å². The number of aliphatic hydroxyl groups is 1. The van der Waals surface area contributed by atoms with Crippen LogP contribution in [0.5, 0.6) is 0 Å². The zero-order chi connectivity index (χ0) is 36.0. The summed E-state index contributed by atoms with van der Waals surface area (Å²) in [4.78, 5) is 81.1. The molecule has 0 aromatic heterocycles. The molecule has 2 saturated heterocycles. The van der Waals surface area contributed by atoms with Gasteiger partial charge < -0.3 is 35.6 Å². The molecule has 0 radical (unpaired) electrons. The summed E-state index contributed by atoms with van der Waals surface area (Å²) in [6.45, 7) is 8.96. The molecule has 15 nitrogen and oxygen atoms in total. The number of amides is 5. The molecular formula is C33H49N5O10. The van der Waals surface area contributed by atoms with E-state index in [1.165, 1.54) is 0 Å². The van der Waals surface area contributed by atoms with Gasteiger partial charge in [-0.15, -0.1) is 0 Å². The van der Waals surface area contributed by atoms with E-state index in [9.17, 15) is 39.0 Å². The number of aliphatic hydroxyl groups excluding tert-OH is 1. The molecule has 2 aliphatic heterocycles. The summed E-state index contributed by atoms with van der Waals surface area (Å²) in [5.41, 5.74) is 4.68. The topological polar surface area (TPSA) is 209 Å². The Balaban J connectivity index is 1.76. The van der Waals surface area contributed by atoms with Crippen LogP contribution in [0, 0.1) is 0 Å².